The predicted octanol–water partition coefficient (Wildman–Crippen LogP) is 0.346. The van der Waals surface area contributed by atoms with Gasteiger partial charge in [0.25, 0.3) is 0 Å². The molecule has 1 amide bonds. The van der Waals surface area contributed by atoms with E-state index in [0.29, 0.717) is 12.3 Å². The Hall–Kier alpha value is -0.610. The maximum Gasteiger partial charge on any atom is 0.217 e. The molecule has 1 heterocycles. The van der Waals surface area contributed by atoms with Crippen LogP contribution in [0.15, 0.2) is 0 Å². The summed E-state index contributed by atoms with van der Waals surface area (Å²) in [6.45, 7) is 3.44. The standard InChI is InChI=1S/C11H22N2O2/c12-11(15)5-4-10-3-1-6-13(9-10)7-2-8-14/h10,14H,1-9H2,(H2,12,15). The largest absolute Gasteiger partial charge is 0.396 e. The zero-order chi connectivity index (χ0) is 11.1. The van der Waals surface area contributed by atoms with Gasteiger partial charge in [-0.2, -0.15) is 0 Å². The van der Waals surface area contributed by atoms with Gasteiger partial charge in [0.1, 0.15) is 0 Å². The van der Waals surface area contributed by atoms with Crippen LogP contribution in [0.4, 0.5) is 0 Å². The number of aliphatic hydroxyl groups is 1. The van der Waals surface area contributed by atoms with Crippen LogP contribution in [0.3, 0.4) is 0 Å². The average molecular weight is 214 g/mol. The highest BCUT2D eigenvalue weighted by Crippen LogP contribution is 2.20. The lowest BCUT2D eigenvalue weighted by atomic mass is 9.93. The Kier molecular flexibility index (Phi) is 5.65. The van der Waals surface area contributed by atoms with E-state index in [4.69, 9.17) is 10.8 Å². The molecule has 0 aromatic carbocycles. The van der Waals surface area contributed by atoms with Crippen LogP contribution >= 0.6 is 0 Å². The topological polar surface area (TPSA) is 66.6 Å². The zero-order valence-corrected chi connectivity index (χ0v) is 9.32. The number of carbonyl (C=O) groups is 1. The summed E-state index contributed by atoms with van der Waals surface area (Å²) in [6.07, 6.45) is 4.70. The summed E-state index contributed by atoms with van der Waals surface area (Å²) in [6, 6.07) is 0. The fraction of sp³-hybridized carbons (Fsp3) is 0.909. The summed E-state index contributed by atoms with van der Waals surface area (Å²) < 4.78 is 0. The van der Waals surface area contributed by atoms with E-state index in [9.17, 15) is 4.79 Å². The highest BCUT2D eigenvalue weighted by molar-refractivity contribution is 5.73. The number of hydrogen-bond acceptors (Lipinski definition) is 3. The van der Waals surface area contributed by atoms with Crippen molar-refractivity contribution in [1.29, 1.82) is 0 Å². The van der Waals surface area contributed by atoms with Crippen LogP contribution in [0.1, 0.15) is 32.1 Å². The molecule has 15 heavy (non-hydrogen) atoms. The number of likely N-dealkylation sites (tertiary alicyclic amines) is 1. The number of amides is 1. The molecule has 88 valence electrons. The van der Waals surface area contributed by atoms with Gasteiger partial charge in [-0.3, -0.25) is 4.79 Å². The third-order valence-corrected chi connectivity index (χ3v) is 3.03. The Morgan fingerprint density at radius 3 is 3.00 bits per heavy atom. The molecule has 4 heteroatoms. The number of primary amides is 1. The van der Waals surface area contributed by atoms with Crippen LogP contribution < -0.4 is 5.73 Å². The summed E-state index contributed by atoms with van der Waals surface area (Å²) in [5, 5.41) is 8.75. The van der Waals surface area contributed by atoms with E-state index in [0.717, 1.165) is 32.5 Å². The molecule has 1 aliphatic rings. The van der Waals surface area contributed by atoms with Gasteiger partial charge in [0.05, 0.1) is 0 Å². The first-order chi connectivity index (χ1) is 7.22. The van der Waals surface area contributed by atoms with Crippen molar-refractivity contribution in [3.63, 3.8) is 0 Å². The van der Waals surface area contributed by atoms with Crippen LogP contribution in [0.2, 0.25) is 0 Å². The molecule has 0 spiro atoms. The highest BCUT2D eigenvalue weighted by atomic mass is 16.3. The van der Waals surface area contributed by atoms with E-state index >= 15 is 0 Å². The first-order valence-corrected chi connectivity index (χ1v) is 5.84. The van der Waals surface area contributed by atoms with Crippen LogP contribution in [0.25, 0.3) is 0 Å². The second-order valence-electron chi connectivity index (χ2n) is 4.39. The summed E-state index contributed by atoms with van der Waals surface area (Å²) in [5.41, 5.74) is 5.14. The minimum atomic E-state index is -0.192. The normalized spacial score (nSPS) is 22.9. The van der Waals surface area contributed by atoms with E-state index in [1.807, 2.05) is 0 Å². The Morgan fingerprint density at radius 1 is 1.53 bits per heavy atom. The van der Waals surface area contributed by atoms with Gasteiger partial charge in [0, 0.05) is 26.1 Å². The molecule has 0 aromatic heterocycles. The van der Waals surface area contributed by atoms with Crippen molar-refractivity contribution in [2.75, 3.05) is 26.2 Å². The number of hydrogen-bond donors (Lipinski definition) is 2. The third-order valence-electron chi connectivity index (χ3n) is 3.03. The molecule has 1 rings (SSSR count). The minimum Gasteiger partial charge on any atom is -0.396 e. The number of rotatable bonds is 6. The Bertz CT molecular complexity index is 197. The molecule has 1 fully saturated rings. The number of piperidine rings is 1. The number of carbonyl (C=O) groups excluding carboxylic acids is 1. The van der Waals surface area contributed by atoms with Gasteiger partial charge < -0.3 is 15.7 Å². The van der Waals surface area contributed by atoms with Gasteiger partial charge in [0.2, 0.25) is 5.91 Å². The molecule has 0 radical (unpaired) electrons. The van der Waals surface area contributed by atoms with E-state index in [1.165, 1.54) is 12.8 Å². The molecule has 1 atom stereocenters. The first-order valence-electron chi connectivity index (χ1n) is 5.84. The van der Waals surface area contributed by atoms with Gasteiger partial charge in [-0.15, -0.1) is 0 Å². The van der Waals surface area contributed by atoms with Gasteiger partial charge in [-0.1, -0.05) is 0 Å². The molecule has 1 aliphatic heterocycles. The maximum atomic E-state index is 10.7. The average Bonchev–Trinajstić information content (AvgIpc) is 2.24. The van der Waals surface area contributed by atoms with Gasteiger partial charge in [-0.25, -0.2) is 0 Å². The zero-order valence-electron chi connectivity index (χ0n) is 9.32. The van der Waals surface area contributed by atoms with Gasteiger partial charge >= 0.3 is 0 Å². The lowest BCUT2D eigenvalue weighted by Crippen LogP contribution is -2.36. The lowest BCUT2D eigenvalue weighted by molar-refractivity contribution is -0.118. The number of nitrogens with zero attached hydrogens (tertiary/aromatic N) is 1. The van der Waals surface area contributed by atoms with Crippen molar-refractivity contribution in [1.82, 2.24) is 4.90 Å². The van der Waals surface area contributed by atoms with Crippen LogP contribution in [-0.2, 0) is 4.79 Å². The Balaban J connectivity index is 2.19. The maximum absolute atomic E-state index is 10.7. The third kappa shape index (κ3) is 5.14. The monoisotopic (exact) mass is 214 g/mol. The van der Waals surface area contributed by atoms with Gasteiger partial charge in [0.15, 0.2) is 0 Å². The fourth-order valence-electron chi connectivity index (χ4n) is 2.23. The van der Waals surface area contributed by atoms with Crippen molar-refractivity contribution >= 4 is 5.91 Å². The Morgan fingerprint density at radius 2 is 2.33 bits per heavy atom. The molecular formula is C11H22N2O2. The van der Waals surface area contributed by atoms with Crippen molar-refractivity contribution in [3.8, 4) is 0 Å². The fourth-order valence-corrected chi connectivity index (χ4v) is 2.23. The van der Waals surface area contributed by atoms with Crippen molar-refractivity contribution in [2.45, 2.75) is 32.1 Å². The van der Waals surface area contributed by atoms with Gasteiger partial charge in [-0.05, 0) is 38.1 Å². The molecular weight excluding hydrogens is 192 g/mol. The van der Waals surface area contributed by atoms with Crippen molar-refractivity contribution < 1.29 is 9.90 Å². The van der Waals surface area contributed by atoms with Crippen molar-refractivity contribution in [2.24, 2.45) is 11.7 Å². The summed E-state index contributed by atoms with van der Waals surface area (Å²) in [5.74, 6) is 0.424. The highest BCUT2D eigenvalue weighted by Gasteiger charge is 2.19. The van der Waals surface area contributed by atoms with Crippen LogP contribution in [-0.4, -0.2) is 42.2 Å². The molecule has 0 saturated carbocycles. The summed E-state index contributed by atoms with van der Waals surface area (Å²) >= 11 is 0. The minimum absolute atomic E-state index is 0.192. The number of aliphatic hydroxyl groups excluding tert-OH is 1. The molecule has 4 nitrogen and oxygen atoms in total. The van der Waals surface area contributed by atoms with E-state index in [2.05, 4.69) is 4.90 Å². The lowest BCUT2D eigenvalue weighted by Gasteiger charge is -2.32. The molecule has 0 aliphatic carbocycles. The molecule has 3 N–H and O–H groups in total. The smallest absolute Gasteiger partial charge is 0.217 e. The first kappa shape index (κ1) is 12.5. The SMILES string of the molecule is NC(=O)CCC1CCCN(CCCO)C1. The molecule has 0 aromatic rings. The molecule has 1 saturated heterocycles. The second kappa shape index (κ2) is 6.80. The molecule has 0 bridgehead atoms. The van der Waals surface area contributed by atoms with E-state index < -0.39 is 0 Å². The summed E-state index contributed by atoms with van der Waals surface area (Å²) in [7, 11) is 0. The van der Waals surface area contributed by atoms with Crippen molar-refractivity contribution in [3.05, 3.63) is 0 Å². The number of nitrogens with two attached hydrogens (primary N) is 1. The predicted molar refractivity (Wildman–Crippen MR) is 59.3 cm³/mol. The van der Waals surface area contributed by atoms with Crippen LogP contribution in [0.5, 0.6) is 0 Å². The quantitative estimate of drug-likeness (QED) is 0.670. The Labute approximate surface area is 91.4 Å². The van der Waals surface area contributed by atoms with E-state index in [1.54, 1.807) is 0 Å². The molecule has 1 unspecified atom stereocenters. The van der Waals surface area contributed by atoms with Crippen LogP contribution in [0, 0.1) is 5.92 Å². The summed E-state index contributed by atoms with van der Waals surface area (Å²) in [4.78, 5) is 13.1. The second-order valence-corrected chi connectivity index (χ2v) is 4.39. The van der Waals surface area contributed by atoms with E-state index in [-0.39, 0.29) is 12.5 Å².